The van der Waals surface area contributed by atoms with Crippen LogP contribution in [0.5, 0.6) is 0 Å². The van der Waals surface area contributed by atoms with E-state index >= 15 is 0 Å². The van der Waals surface area contributed by atoms with E-state index < -0.39 is 0 Å². The molecular formula is C21H22N2O2S. The van der Waals surface area contributed by atoms with Crippen molar-refractivity contribution in [3.8, 4) is 0 Å². The van der Waals surface area contributed by atoms with E-state index in [-0.39, 0.29) is 11.1 Å². The number of benzene rings is 2. The summed E-state index contributed by atoms with van der Waals surface area (Å²) in [7, 11) is 0. The van der Waals surface area contributed by atoms with Crippen molar-refractivity contribution in [2.24, 2.45) is 0 Å². The summed E-state index contributed by atoms with van der Waals surface area (Å²) in [5.41, 5.74) is 2.25. The molecule has 2 aromatic rings. The third-order valence-electron chi connectivity index (χ3n) is 4.99. The van der Waals surface area contributed by atoms with Gasteiger partial charge in [-0.15, -0.1) is 0 Å². The summed E-state index contributed by atoms with van der Waals surface area (Å²) in [6.45, 7) is 4.65. The van der Waals surface area contributed by atoms with Crippen molar-refractivity contribution >= 4 is 45.4 Å². The SMILES string of the molecule is CCCN1C(=O)S/C(=C/c2ccc(N3CCCC3)c3ccccc23)C1=O. The van der Waals surface area contributed by atoms with E-state index in [1.807, 2.05) is 19.1 Å². The van der Waals surface area contributed by atoms with Crippen LogP contribution in [0.1, 0.15) is 31.7 Å². The van der Waals surface area contributed by atoms with Crippen molar-refractivity contribution in [3.05, 3.63) is 46.9 Å². The van der Waals surface area contributed by atoms with Crippen LogP contribution >= 0.6 is 11.8 Å². The van der Waals surface area contributed by atoms with Crippen LogP contribution < -0.4 is 4.90 Å². The molecule has 4 nitrogen and oxygen atoms in total. The molecule has 2 amide bonds. The predicted molar refractivity (Wildman–Crippen MR) is 108 cm³/mol. The molecule has 26 heavy (non-hydrogen) atoms. The van der Waals surface area contributed by atoms with Gasteiger partial charge >= 0.3 is 0 Å². The molecule has 2 aromatic carbocycles. The molecule has 5 heteroatoms. The fraction of sp³-hybridized carbons (Fsp3) is 0.333. The van der Waals surface area contributed by atoms with Gasteiger partial charge in [-0.1, -0.05) is 37.3 Å². The molecule has 4 rings (SSSR count). The van der Waals surface area contributed by atoms with Gasteiger partial charge in [0.1, 0.15) is 0 Å². The van der Waals surface area contributed by atoms with Gasteiger partial charge in [0.05, 0.1) is 4.91 Å². The lowest BCUT2D eigenvalue weighted by Crippen LogP contribution is -2.28. The zero-order valence-electron chi connectivity index (χ0n) is 14.9. The summed E-state index contributed by atoms with van der Waals surface area (Å²) < 4.78 is 0. The second kappa shape index (κ2) is 7.16. The molecule has 0 N–H and O–H groups in total. The Morgan fingerprint density at radius 2 is 1.77 bits per heavy atom. The number of thioether (sulfide) groups is 1. The maximum Gasteiger partial charge on any atom is 0.293 e. The fourth-order valence-electron chi connectivity index (χ4n) is 3.72. The number of hydrogen-bond acceptors (Lipinski definition) is 4. The van der Waals surface area contributed by atoms with Gasteiger partial charge in [0.25, 0.3) is 11.1 Å². The maximum atomic E-state index is 12.5. The van der Waals surface area contributed by atoms with Crippen molar-refractivity contribution in [1.29, 1.82) is 0 Å². The Morgan fingerprint density at radius 3 is 2.50 bits per heavy atom. The third kappa shape index (κ3) is 3.01. The van der Waals surface area contributed by atoms with Crippen LogP contribution in [0.2, 0.25) is 0 Å². The van der Waals surface area contributed by atoms with Crippen LogP contribution in [0.4, 0.5) is 10.5 Å². The molecule has 2 saturated heterocycles. The molecule has 2 fully saturated rings. The molecule has 2 heterocycles. The molecule has 0 aromatic heterocycles. The summed E-state index contributed by atoms with van der Waals surface area (Å²) in [6.07, 6.45) is 5.12. The van der Waals surface area contributed by atoms with E-state index in [0.29, 0.717) is 11.4 Å². The standard InChI is InChI=1S/C21H22N2O2S/c1-2-11-23-20(24)19(26-21(23)25)14-15-9-10-18(22-12-5-6-13-22)17-8-4-3-7-16(15)17/h3-4,7-10,14H,2,5-6,11-13H2,1H3/b19-14+. The molecule has 0 aliphatic carbocycles. The number of carbonyl (C=O) groups is 2. The second-order valence-electron chi connectivity index (χ2n) is 6.75. The average Bonchev–Trinajstić information content (AvgIpc) is 3.27. The number of fused-ring (bicyclic) bond motifs is 1. The Hall–Kier alpha value is -2.27. The summed E-state index contributed by atoms with van der Waals surface area (Å²) >= 11 is 1.04. The Balaban J connectivity index is 1.75. The third-order valence-corrected chi connectivity index (χ3v) is 5.90. The molecule has 2 aliphatic rings. The highest BCUT2D eigenvalue weighted by Gasteiger charge is 2.34. The number of amides is 2. The quantitative estimate of drug-likeness (QED) is 0.723. The van der Waals surface area contributed by atoms with Gasteiger partial charge in [0, 0.05) is 30.7 Å². The van der Waals surface area contributed by atoms with Gasteiger partial charge < -0.3 is 4.90 Å². The minimum atomic E-state index is -0.172. The van der Waals surface area contributed by atoms with Gasteiger partial charge in [-0.2, -0.15) is 0 Å². The molecule has 0 unspecified atom stereocenters. The smallest absolute Gasteiger partial charge is 0.293 e. The van der Waals surface area contributed by atoms with Crippen LogP contribution in [-0.4, -0.2) is 35.7 Å². The normalized spacial score (nSPS) is 19.3. The van der Waals surface area contributed by atoms with Gasteiger partial charge in [0.15, 0.2) is 0 Å². The van der Waals surface area contributed by atoms with E-state index in [0.717, 1.165) is 42.2 Å². The summed E-state index contributed by atoms with van der Waals surface area (Å²) in [5.74, 6) is -0.172. The highest BCUT2D eigenvalue weighted by molar-refractivity contribution is 8.18. The summed E-state index contributed by atoms with van der Waals surface area (Å²) in [6, 6.07) is 12.5. The topological polar surface area (TPSA) is 40.6 Å². The molecule has 134 valence electrons. The minimum Gasteiger partial charge on any atom is -0.371 e. The highest BCUT2D eigenvalue weighted by Crippen LogP contribution is 2.36. The van der Waals surface area contributed by atoms with Crippen molar-refractivity contribution in [1.82, 2.24) is 4.90 Å². The number of nitrogens with zero attached hydrogens (tertiary/aromatic N) is 2. The molecule has 2 aliphatic heterocycles. The Labute approximate surface area is 157 Å². The van der Waals surface area contributed by atoms with Crippen molar-refractivity contribution in [2.75, 3.05) is 24.5 Å². The van der Waals surface area contributed by atoms with E-state index in [1.165, 1.54) is 28.8 Å². The van der Waals surface area contributed by atoms with Gasteiger partial charge in [-0.05, 0) is 54.1 Å². The van der Waals surface area contributed by atoms with E-state index in [9.17, 15) is 9.59 Å². The van der Waals surface area contributed by atoms with Crippen LogP contribution in [-0.2, 0) is 4.79 Å². The summed E-state index contributed by atoms with van der Waals surface area (Å²) in [5, 5.41) is 2.16. The molecule has 0 saturated carbocycles. The molecule has 0 bridgehead atoms. The lowest BCUT2D eigenvalue weighted by Gasteiger charge is -2.20. The lowest BCUT2D eigenvalue weighted by molar-refractivity contribution is -0.122. The molecule has 0 spiro atoms. The van der Waals surface area contributed by atoms with Gasteiger partial charge in [0.2, 0.25) is 0 Å². The number of anilines is 1. The Kier molecular flexibility index (Phi) is 4.72. The van der Waals surface area contributed by atoms with E-state index in [4.69, 9.17) is 0 Å². The number of hydrogen-bond donors (Lipinski definition) is 0. The van der Waals surface area contributed by atoms with Crippen molar-refractivity contribution in [3.63, 3.8) is 0 Å². The molecule has 0 radical (unpaired) electrons. The second-order valence-corrected chi connectivity index (χ2v) is 7.74. The highest BCUT2D eigenvalue weighted by atomic mass is 32.2. The first-order valence-corrected chi connectivity index (χ1v) is 10.0. The first-order chi connectivity index (χ1) is 12.7. The number of imide groups is 1. The van der Waals surface area contributed by atoms with Gasteiger partial charge in [-0.25, -0.2) is 0 Å². The van der Waals surface area contributed by atoms with Crippen molar-refractivity contribution in [2.45, 2.75) is 26.2 Å². The van der Waals surface area contributed by atoms with Crippen LogP contribution in [0.15, 0.2) is 41.3 Å². The van der Waals surface area contributed by atoms with E-state index in [2.05, 4.69) is 35.2 Å². The minimum absolute atomic E-state index is 0.166. The first-order valence-electron chi connectivity index (χ1n) is 9.21. The number of carbonyl (C=O) groups excluding carboxylic acids is 2. The van der Waals surface area contributed by atoms with Crippen molar-refractivity contribution < 1.29 is 9.59 Å². The monoisotopic (exact) mass is 366 g/mol. The summed E-state index contributed by atoms with van der Waals surface area (Å²) in [4.78, 5) is 28.9. The predicted octanol–water partition coefficient (Wildman–Crippen LogP) is 4.89. The van der Waals surface area contributed by atoms with E-state index in [1.54, 1.807) is 0 Å². The van der Waals surface area contributed by atoms with Crippen LogP contribution in [0.25, 0.3) is 16.8 Å². The molecule has 0 atom stereocenters. The Morgan fingerprint density at radius 1 is 1.04 bits per heavy atom. The first kappa shape index (κ1) is 17.2. The van der Waals surface area contributed by atoms with Crippen LogP contribution in [0.3, 0.4) is 0 Å². The van der Waals surface area contributed by atoms with Gasteiger partial charge in [-0.3, -0.25) is 14.5 Å². The molecular weight excluding hydrogens is 344 g/mol. The average molecular weight is 366 g/mol. The zero-order chi connectivity index (χ0) is 18.1. The van der Waals surface area contributed by atoms with Crippen LogP contribution in [0, 0.1) is 0 Å². The lowest BCUT2D eigenvalue weighted by atomic mass is 10.0. The zero-order valence-corrected chi connectivity index (χ0v) is 15.7. The Bertz CT molecular complexity index is 900. The fourth-order valence-corrected chi connectivity index (χ4v) is 4.58. The largest absolute Gasteiger partial charge is 0.371 e. The maximum absolute atomic E-state index is 12.5. The number of rotatable bonds is 4.